The molecule has 1 heterocycles. The quantitative estimate of drug-likeness (QED) is 0.742. The number of hydrogen-bond donors (Lipinski definition) is 0. The third-order valence-electron chi connectivity index (χ3n) is 2.45. The Labute approximate surface area is 108 Å². The Hall–Kier alpha value is -1.32. The number of fused-ring (bicyclic) bond motifs is 1. The zero-order valence-corrected chi connectivity index (χ0v) is 10.8. The van der Waals surface area contributed by atoms with Crippen molar-refractivity contribution in [2.24, 2.45) is 0 Å². The lowest BCUT2D eigenvalue weighted by Crippen LogP contribution is -2.05. The minimum Gasteiger partial charge on any atom is -0.464 e. The van der Waals surface area contributed by atoms with Crippen LogP contribution in [-0.4, -0.2) is 18.1 Å². The van der Waals surface area contributed by atoms with Gasteiger partial charge in [-0.25, -0.2) is 9.78 Å². The number of methoxy groups -OCH3 is 1. The Morgan fingerprint density at radius 1 is 1.29 bits per heavy atom. The number of rotatable bonds is 1. The Kier molecular flexibility index (Phi) is 3.22. The maximum absolute atomic E-state index is 11.4. The van der Waals surface area contributed by atoms with Crippen LogP contribution in [0.3, 0.4) is 0 Å². The van der Waals surface area contributed by atoms with Crippen molar-refractivity contribution in [2.75, 3.05) is 7.11 Å². The summed E-state index contributed by atoms with van der Waals surface area (Å²) in [6.07, 6.45) is 0. The van der Waals surface area contributed by atoms with Gasteiger partial charge in [0.2, 0.25) is 0 Å². The van der Waals surface area contributed by atoms with E-state index in [0.29, 0.717) is 15.6 Å². The zero-order valence-electron chi connectivity index (χ0n) is 9.25. The van der Waals surface area contributed by atoms with E-state index in [4.69, 9.17) is 23.2 Å². The van der Waals surface area contributed by atoms with Gasteiger partial charge in [-0.2, -0.15) is 0 Å². The molecule has 2 aromatic rings. The summed E-state index contributed by atoms with van der Waals surface area (Å²) < 4.78 is 4.63. The molecule has 0 saturated carbocycles. The lowest BCUT2D eigenvalue weighted by Gasteiger charge is -2.08. The first kappa shape index (κ1) is 12.1. The Morgan fingerprint density at radius 3 is 2.59 bits per heavy atom. The Bertz CT molecular complexity index is 611. The molecule has 1 aromatic carbocycles. The van der Waals surface area contributed by atoms with Crippen LogP contribution in [0.4, 0.5) is 0 Å². The minimum atomic E-state index is -0.494. The van der Waals surface area contributed by atoms with Crippen molar-refractivity contribution in [2.45, 2.75) is 6.92 Å². The topological polar surface area (TPSA) is 39.2 Å². The summed E-state index contributed by atoms with van der Waals surface area (Å²) in [5.74, 6) is -0.494. The van der Waals surface area contributed by atoms with E-state index < -0.39 is 5.97 Å². The molecule has 0 bridgehead atoms. The molecule has 0 aliphatic rings. The van der Waals surface area contributed by atoms with Crippen molar-refractivity contribution in [3.63, 3.8) is 0 Å². The SMILES string of the molecule is COC(=O)c1cc(C)c2c(Cl)ccc(Cl)c2n1. The highest BCUT2D eigenvalue weighted by Gasteiger charge is 2.14. The largest absolute Gasteiger partial charge is 0.464 e. The molecule has 3 nitrogen and oxygen atoms in total. The molecule has 0 spiro atoms. The summed E-state index contributed by atoms with van der Waals surface area (Å²) in [6, 6.07) is 4.99. The molecule has 0 unspecified atom stereocenters. The van der Waals surface area contributed by atoms with Crippen LogP contribution in [0.1, 0.15) is 16.1 Å². The van der Waals surface area contributed by atoms with Crippen LogP contribution >= 0.6 is 23.2 Å². The molecular formula is C12H9Cl2NO2. The fourth-order valence-electron chi connectivity index (χ4n) is 1.66. The molecule has 17 heavy (non-hydrogen) atoms. The summed E-state index contributed by atoms with van der Waals surface area (Å²) in [4.78, 5) is 15.6. The van der Waals surface area contributed by atoms with E-state index in [-0.39, 0.29) is 5.69 Å². The summed E-state index contributed by atoms with van der Waals surface area (Å²) in [7, 11) is 1.31. The smallest absolute Gasteiger partial charge is 0.356 e. The third kappa shape index (κ3) is 2.08. The average Bonchev–Trinajstić information content (AvgIpc) is 2.32. The molecule has 5 heteroatoms. The average molecular weight is 270 g/mol. The number of benzene rings is 1. The molecule has 2 rings (SSSR count). The predicted molar refractivity (Wildman–Crippen MR) is 67.8 cm³/mol. The molecule has 1 aromatic heterocycles. The van der Waals surface area contributed by atoms with Crippen molar-refractivity contribution < 1.29 is 9.53 Å². The normalized spacial score (nSPS) is 10.6. The molecule has 88 valence electrons. The van der Waals surface area contributed by atoms with Crippen LogP contribution in [-0.2, 0) is 4.74 Å². The van der Waals surface area contributed by atoms with Crippen LogP contribution in [0.15, 0.2) is 18.2 Å². The van der Waals surface area contributed by atoms with Gasteiger partial charge < -0.3 is 4.74 Å². The first-order valence-corrected chi connectivity index (χ1v) is 5.64. The summed E-state index contributed by atoms with van der Waals surface area (Å²) in [6.45, 7) is 1.85. The van der Waals surface area contributed by atoms with Crippen molar-refractivity contribution in [3.8, 4) is 0 Å². The second-order valence-electron chi connectivity index (χ2n) is 3.57. The zero-order chi connectivity index (χ0) is 12.6. The van der Waals surface area contributed by atoms with Crippen LogP contribution in [0.2, 0.25) is 10.0 Å². The lowest BCUT2D eigenvalue weighted by molar-refractivity contribution is 0.0594. The number of halogens is 2. The Morgan fingerprint density at radius 2 is 1.94 bits per heavy atom. The molecule has 0 aliphatic carbocycles. The van der Waals surface area contributed by atoms with Crippen molar-refractivity contribution in [3.05, 3.63) is 39.5 Å². The number of esters is 1. The van der Waals surface area contributed by atoms with Crippen molar-refractivity contribution >= 4 is 40.1 Å². The number of aryl methyl sites for hydroxylation is 1. The van der Waals surface area contributed by atoms with Gasteiger partial charge in [0.1, 0.15) is 5.69 Å². The van der Waals surface area contributed by atoms with Crippen LogP contribution in [0, 0.1) is 6.92 Å². The van der Waals surface area contributed by atoms with E-state index in [1.165, 1.54) is 7.11 Å². The van der Waals surface area contributed by atoms with Gasteiger partial charge >= 0.3 is 5.97 Å². The van der Waals surface area contributed by atoms with Gasteiger partial charge in [0.25, 0.3) is 0 Å². The monoisotopic (exact) mass is 269 g/mol. The van der Waals surface area contributed by atoms with E-state index in [0.717, 1.165) is 10.9 Å². The number of pyridine rings is 1. The first-order valence-electron chi connectivity index (χ1n) is 4.88. The molecule has 0 atom stereocenters. The van der Waals surface area contributed by atoms with Gasteiger partial charge in [-0.1, -0.05) is 23.2 Å². The van der Waals surface area contributed by atoms with E-state index in [1.807, 2.05) is 6.92 Å². The van der Waals surface area contributed by atoms with Crippen LogP contribution in [0.5, 0.6) is 0 Å². The maximum atomic E-state index is 11.4. The number of carbonyl (C=O) groups excluding carboxylic acids is 1. The van der Waals surface area contributed by atoms with Gasteiger partial charge in [-0.3, -0.25) is 0 Å². The van der Waals surface area contributed by atoms with E-state index in [9.17, 15) is 4.79 Å². The van der Waals surface area contributed by atoms with Gasteiger partial charge in [-0.05, 0) is 30.7 Å². The van der Waals surface area contributed by atoms with Gasteiger partial charge in [0.05, 0.1) is 22.7 Å². The van der Waals surface area contributed by atoms with Gasteiger partial charge in [0.15, 0.2) is 0 Å². The molecule has 0 aliphatic heterocycles. The summed E-state index contributed by atoms with van der Waals surface area (Å²) >= 11 is 12.1. The molecular weight excluding hydrogens is 261 g/mol. The highest BCUT2D eigenvalue weighted by atomic mass is 35.5. The van der Waals surface area contributed by atoms with E-state index in [2.05, 4.69) is 9.72 Å². The summed E-state index contributed by atoms with van der Waals surface area (Å²) in [5, 5.41) is 1.77. The number of hydrogen-bond acceptors (Lipinski definition) is 3. The number of ether oxygens (including phenoxy) is 1. The second kappa shape index (κ2) is 4.51. The second-order valence-corrected chi connectivity index (χ2v) is 4.38. The number of carbonyl (C=O) groups is 1. The van der Waals surface area contributed by atoms with E-state index >= 15 is 0 Å². The Balaban J connectivity index is 2.82. The van der Waals surface area contributed by atoms with Gasteiger partial charge in [-0.15, -0.1) is 0 Å². The molecule has 0 radical (unpaired) electrons. The van der Waals surface area contributed by atoms with Crippen LogP contribution in [0.25, 0.3) is 10.9 Å². The molecule has 0 amide bonds. The van der Waals surface area contributed by atoms with Crippen LogP contribution < -0.4 is 0 Å². The number of nitrogens with zero attached hydrogens (tertiary/aromatic N) is 1. The predicted octanol–water partition coefficient (Wildman–Crippen LogP) is 3.64. The fraction of sp³-hybridized carbons (Fsp3) is 0.167. The van der Waals surface area contributed by atoms with Gasteiger partial charge in [0, 0.05) is 5.39 Å². The number of aromatic nitrogens is 1. The first-order chi connectivity index (χ1) is 8.04. The van der Waals surface area contributed by atoms with Crippen molar-refractivity contribution in [1.82, 2.24) is 4.98 Å². The third-order valence-corrected chi connectivity index (χ3v) is 3.07. The summed E-state index contributed by atoms with van der Waals surface area (Å²) in [5.41, 5.74) is 1.57. The molecule has 0 saturated heterocycles. The molecule has 0 fully saturated rings. The van der Waals surface area contributed by atoms with E-state index in [1.54, 1.807) is 18.2 Å². The maximum Gasteiger partial charge on any atom is 0.356 e. The minimum absolute atomic E-state index is 0.224. The lowest BCUT2D eigenvalue weighted by atomic mass is 10.1. The fourth-order valence-corrected chi connectivity index (χ4v) is 2.17. The standard InChI is InChI=1S/C12H9Cl2NO2/c1-6-5-9(12(16)17-2)15-11-8(14)4-3-7(13)10(6)11/h3-5H,1-2H3. The highest BCUT2D eigenvalue weighted by molar-refractivity contribution is 6.40. The van der Waals surface area contributed by atoms with Crippen molar-refractivity contribution in [1.29, 1.82) is 0 Å². The molecule has 0 N–H and O–H groups in total. The highest BCUT2D eigenvalue weighted by Crippen LogP contribution is 2.31.